The lowest BCUT2D eigenvalue weighted by Crippen LogP contribution is -2.41. The van der Waals surface area contributed by atoms with Crippen LogP contribution in [-0.2, 0) is 4.79 Å². The quantitative estimate of drug-likeness (QED) is 0.766. The molecule has 88 valence electrons. The van der Waals surface area contributed by atoms with Crippen molar-refractivity contribution in [3.8, 4) is 5.75 Å². The molecular weight excluding hydrogens is 206 g/mol. The predicted octanol–water partition coefficient (Wildman–Crippen LogP) is 1.44. The molecule has 0 radical (unpaired) electrons. The Kier molecular flexibility index (Phi) is 4.79. The average molecular weight is 223 g/mol. The van der Waals surface area contributed by atoms with Gasteiger partial charge in [0.2, 0.25) is 0 Å². The molecule has 1 rings (SSSR count). The summed E-state index contributed by atoms with van der Waals surface area (Å²) in [6.45, 7) is 4.59. The maximum Gasteiger partial charge on any atom is 0.324 e. The van der Waals surface area contributed by atoms with Gasteiger partial charge in [-0.1, -0.05) is 24.6 Å². The van der Waals surface area contributed by atoms with Crippen molar-refractivity contribution in [1.82, 2.24) is 5.32 Å². The van der Waals surface area contributed by atoms with Crippen LogP contribution in [0.3, 0.4) is 0 Å². The molecule has 0 aliphatic carbocycles. The van der Waals surface area contributed by atoms with Crippen molar-refractivity contribution in [3.63, 3.8) is 0 Å². The first-order chi connectivity index (χ1) is 7.63. The molecule has 0 saturated carbocycles. The maximum atomic E-state index is 10.8. The molecule has 1 atom stereocenters. The molecule has 1 aromatic rings. The molecule has 0 bridgehead atoms. The molecule has 1 aromatic carbocycles. The molecule has 0 unspecified atom stereocenters. The number of hydrogen-bond donors (Lipinski definition) is 2. The second kappa shape index (κ2) is 6.12. The molecule has 0 aliphatic rings. The zero-order valence-corrected chi connectivity index (χ0v) is 9.56. The highest BCUT2D eigenvalue weighted by atomic mass is 16.5. The third-order valence-electron chi connectivity index (χ3n) is 2.19. The summed E-state index contributed by atoms with van der Waals surface area (Å²) in [6, 6.07) is 6.86. The zero-order chi connectivity index (χ0) is 12.0. The van der Waals surface area contributed by atoms with Crippen molar-refractivity contribution >= 4 is 5.97 Å². The minimum atomic E-state index is -0.894. The fourth-order valence-corrected chi connectivity index (χ4v) is 1.28. The monoisotopic (exact) mass is 223 g/mol. The molecule has 0 aliphatic heterocycles. The van der Waals surface area contributed by atoms with Crippen LogP contribution in [0, 0.1) is 6.92 Å². The first-order valence-corrected chi connectivity index (χ1v) is 5.29. The van der Waals surface area contributed by atoms with Gasteiger partial charge in [0.05, 0.1) is 0 Å². The van der Waals surface area contributed by atoms with E-state index in [1.54, 1.807) is 0 Å². The van der Waals surface area contributed by atoms with Crippen LogP contribution < -0.4 is 10.1 Å². The highest BCUT2D eigenvalue weighted by molar-refractivity contribution is 5.73. The number of rotatable bonds is 6. The van der Waals surface area contributed by atoms with Crippen molar-refractivity contribution in [3.05, 3.63) is 29.8 Å². The summed E-state index contributed by atoms with van der Waals surface area (Å²) in [5, 5.41) is 11.7. The Hall–Kier alpha value is -1.55. The third-order valence-corrected chi connectivity index (χ3v) is 2.19. The molecule has 0 aromatic heterocycles. The molecule has 4 heteroatoms. The van der Waals surface area contributed by atoms with E-state index in [0.29, 0.717) is 12.3 Å². The van der Waals surface area contributed by atoms with E-state index in [2.05, 4.69) is 5.32 Å². The van der Waals surface area contributed by atoms with Gasteiger partial charge < -0.3 is 15.2 Å². The summed E-state index contributed by atoms with van der Waals surface area (Å²) in [5.74, 6) is -0.205. The van der Waals surface area contributed by atoms with E-state index in [4.69, 9.17) is 9.84 Å². The summed E-state index contributed by atoms with van der Waals surface area (Å²) in [4.78, 5) is 10.8. The van der Waals surface area contributed by atoms with Gasteiger partial charge in [0, 0.05) is 0 Å². The first kappa shape index (κ1) is 12.5. The predicted molar refractivity (Wildman–Crippen MR) is 61.8 cm³/mol. The smallest absolute Gasteiger partial charge is 0.324 e. The van der Waals surface area contributed by atoms with Crippen LogP contribution in [0.25, 0.3) is 0 Å². The number of aliphatic carboxylic acids is 1. The molecule has 16 heavy (non-hydrogen) atoms. The number of nitrogens with one attached hydrogen (secondary N) is 1. The van der Waals surface area contributed by atoms with Gasteiger partial charge in [0.25, 0.3) is 0 Å². The summed E-state index contributed by atoms with van der Waals surface area (Å²) in [7, 11) is 0. The summed E-state index contributed by atoms with van der Waals surface area (Å²) in [6.07, 6.45) is 0. The maximum absolute atomic E-state index is 10.8. The highest BCUT2D eigenvalue weighted by Crippen LogP contribution is 2.11. The van der Waals surface area contributed by atoms with E-state index in [1.165, 1.54) is 0 Å². The Bertz CT molecular complexity index is 335. The molecule has 0 spiro atoms. The minimum absolute atomic E-state index is 0.131. The van der Waals surface area contributed by atoms with Gasteiger partial charge in [-0.2, -0.15) is 0 Å². The topological polar surface area (TPSA) is 58.6 Å². The Balaban J connectivity index is 2.48. The van der Waals surface area contributed by atoms with Crippen LogP contribution in [0.5, 0.6) is 5.75 Å². The lowest BCUT2D eigenvalue weighted by atomic mass is 10.2. The van der Waals surface area contributed by atoms with Crippen LogP contribution in [0.2, 0.25) is 0 Å². The van der Waals surface area contributed by atoms with Gasteiger partial charge >= 0.3 is 5.97 Å². The van der Waals surface area contributed by atoms with Crippen LogP contribution in [0.15, 0.2) is 24.3 Å². The van der Waals surface area contributed by atoms with E-state index >= 15 is 0 Å². The molecule has 0 amide bonds. The SMILES string of the molecule is CCN[C@@H](COc1ccc(C)cc1)C(=O)O. The largest absolute Gasteiger partial charge is 0.491 e. The van der Waals surface area contributed by atoms with Crippen molar-refractivity contribution < 1.29 is 14.6 Å². The molecular formula is C12H17NO3. The van der Waals surface area contributed by atoms with Crippen molar-refractivity contribution in [2.75, 3.05) is 13.2 Å². The Labute approximate surface area is 95.2 Å². The van der Waals surface area contributed by atoms with Crippen molar-refractivity contribution in [1.29, 1.82) is 0 Å². The standard InChI is InChI=1S/C12H17NO3/c1-3-13-11(12(14)15)8-16-10-6-4-9(2)5-7-10/h4-7,11,13H,3,8H2,1-2H3,(H,14,15)/t11-/m0/s1. The summed E-state index contributed by atoms with van der Waals surface area (Å²) < 4.78 is 5.39. The first-order valence-electron chi connectivity index (χ1n) is 5.29. The van der Waals surface area contributed by atoms with E-state index in [1.807, 2.05) is 38.1 Å². The number of carbonyl (C=O) groups is 1. The van der Waals surface area contributed by atoms with E-state index in [-0.39, 0.29) is 6.61 Å². The van der Waals surface area contributed by atoms with E-state index in [9.17, 15) is 4.79 Å². The summed E-state index contributed by atoms with van der Waals surface area (Å²) in [5.41, 5.74) is 1.15. The lowest BCUT2D eigenvalue weighted by molar-refractivity contribution is -0.140. The van der Waals surface area contributed by atoms with Gasteiger partial charge in [-0.05, 0) is 25.6 Å². The second-order valence-corrected chi connectivity index (χ2v) is 3.57. The fourth-order valence-electron chi connectivity index (χ4n) is 1.28. The van der Waals surface area contributed by atoms with Crippen LogP contribution >= 0.6 is 0 Å². The molecule has 0 fully saturated rings. The molecule has 2 N–H and O–H groups in total. The van der Waals surface area contributed by atoms with Crippen molar-refractivity contribution in [2.45, 2.75) is 19.9 Å². The number of aryl methyl sites for hydroxylation is 1. The summed E-state index contributed by atoms with van der Waals surface area (Å²) >= 11 is 0. The molecule has 0 heterocycles. The average Bonchev–Trinajstić information content (AvgIpc) is 2.26. The number of carboxylic acids is 1. The Morgan fingerprint density at radius 2 is 2.06 bits per heavy atom. The van der Waals surface area contributed by atoms with E-state index in [0.717, 1.165) is 5.56 Å². The number of ether oxygens (including phenoxy) is 1. The van der Waals surface area contributed by atoms with Crippen molar-refractivity contribution in [2.24, 2.45) is 0 Å². The van der Waals surface area contributed by atoms with Crippen LogP contribution in [-0.4, -0.2) is 30.3 Å². The lowest BCUT2D eigenvalue weighted by Gasteiger charge is -2.14. The minimum Gasteiger partial charge on any atom is -0.491 e. The molecule has 4 nitrogen and oxygen atoms in total. The number of likely N-dealkylation sites (N-methyl/N-ethyl adjacent to an activating group) is 1. The van der Waals surface area contributed by atoms with Gasteiger partial charge in [-0.25, -0.2) is 0 Å². The number of hydrogen-bond acceptors (Lipinski definition) is 3. The van der Waals surface area contributed by atoms with E-state index < -0.39 is 12.0 Å². The zero-order valence-electron chi connectivity index (χ0n) is 9.56. The van der Waals surface area contributed by atoms with Crippen LogP contribution in [0.1, 0.15) is 12.5 Å². The van der Waals surface area contributed by atoms with Crippen LogP contribution in [0.4, 0.5) is 0 Å². The van der Waals surface area contributed by atoms with Gasteiger partial charge in [0.1, 0.15) is 18.4 Å². The Morgan fingerprint density at radius 1 is 1.44 bits per heavy atom. The second-order valence-electron chi connectivity index (χ2n) is 3.57. The fraction of sp³-hybridized carbons (Fsp3) is 0.417. The highest BCUT2D eigenvalue weighted by Gasteiger charge is 2.16. The Morgan fingerprint density at radius 3 is 2.56 bits per heavy atom. The van der Waals surface area contributed by atoms with Gasteiger partial charge in [-0.15, -0.1) is 0 Å². The number of benzene rings is 1. The van der Waals surface area contributed by atoms with Gasteiger partial charge in [0.15, 0.2) is 0 Å². The van der Waals surface area contributed by atoms with Gasteiger partial charge in [-0.3, -0.25) is 4.79 Å². The molecule has 0 saturated heterocycles. The normalized spacial score (nSPS) is 12.1. The third kappa shape index (κ3) is 3.90. The number of carboxylic acid groups (broad SMARTS) is 1.